The van der Waals surface area contributed by atoms with Crippen molar-refractivity contribution in [2.75, 3.05) is 14.1 Å². The number of carbonyl (C=O) groups is 1. The Morgan fingerprint density at radius 2 is 1.87 bits per heavy atom. The molecule has 2 aromatic carbocycles. The van der Waals surface area contributed by atoms with E-state index in [0.29, 0.717) is 16.9 Å². The number of benzene rings is 2. The van der Waals surface area contributed by atoms with Gasteiger partial charge in [-0.15, -0.1) is 13.2 Å². The summed E-state index contributed by atoms with van der Waals surface area (Å²) in [7, 11) is 3.32. The minimum Gasteiger partial charge on any atom is -0.456 e. The van der Waals surface area contributed by atoms with Crippen LogP contribution < -0.4 is 4.74 Å². The van der Waals surface area contributed by atoms with Gasteiger partial charge in [0.05, 0.1) is 5.56 Å². The van der Waals surface area contributed by atoms with Gasteiger partial charge in [-0.1, -0.05) is 25.8 Å². The zero-order chi connectivity index (χ0) is 22.6. The molecule has 4 nitrogen and oxygen atoms in total. The lowest BCUT2D eigenvalue weighted by atomic mass is 10.0. The Labute approximate surface area is 183 Å². The minimum absolute atomic E-state index is 0.134. The van der Waals surface area contributed by atoms with Crippen molar-refractivity contribution in [3.8, 4) is 17.1 Å². The van der Waals surface area contributed by atoms with Gasteiger partial charge in [-0.05, 0) is 66.6 Å². The molecule has 8 heteroatoms. The molecule has 0 saturated heterocycles. The number of thioether (sulfide) groups is 1. The summed E-state index contributed by atoms with van der Waals surface area (Å²) >= 11 is 1.05. The van der Waals surface area contributed by atoms with E-state index < -0.39 is 6.36 Å². The Morgan fingerprint density at radius 1 is 1.10 bits per heavy atom. The second kappa shape index (κ2) is 9.68. The normalized spacial score (nSPS) is 11.7. The first-order valence-corrected chi connectivity index (χ1v) is 10.8. The van der Waals surface area contributed by atoms with E-state index in [1.807, 2.05) is 0 Å². The zero-order valence-electron chi connectivity index (χ0n) is 17.6. The zero-order valence-corrected chi connectivity index (χ0v) is 18.4. The lowest BCUT2D eigenvalue weighted by Gasteiger charge is -2.13. The highest BCUT2D eigenvalue weighted by molar-refractivity contribution is 8.13. The summed E-state index contributed by atoms with van der Waals surface area (Å²) in [4.78, 5) is 14.1. The van der Waals surface area contributed by atoms with E-state index in [9.17, 15) is 18.0 Å². The van der Waals surface area contributed by atoms with Crippen LogP contribution in [0, 0.1) is 0 Å². The Hall–Kier alpha value is -2.61. The first kappa shape index (κ1) is 23.1. The number of ether oxygens (including phenoxy) is 1. The van der Waals surface area contributed by atoms with Crippen LogP contribution in [0.1, 0.15) is 31.7 Å². The van der Waals surface area contributed by atoms with E-state index in [-0.39, 0.29) is 22.3 Å². The van der Waals surface area contributed by atoms with Gasteiger partial charge in [0.1, 0.15) is 17.1 Å². The van der Waals surface area contributed by atoms with Gasteiger partial charge in [0, 0.05) is 24.4 Å². The highest BCUT2D eigenvalue weighted by atomic mass is 32.2. The predicted molar refractivity (Wildman–Crippen MR) is 117 cm³/mol. The first-order valence-electron chi connectivity index (χ1n) is 9.98. The lowest BCUT2D eigenvalue weighted by Crippen LogP contribution is -2.17. The van der Waals surface area contributed by atoms with Crippen LogP contribution in [0.4, 0.5) is 18.0 Å². The molecule has 0 aliphatic heterocycles. The van der Waals surface area contributed by atoms with Crippen LogP contribution in [0.2, 0.25) is 0 Å². The average Bonchev–Trinajstić information content (AvgIpc) is 3.10. The number of aryl methyl sites for hydroxylation is 1. The molecule has 0 spiro atoms. The molecule has 0 aliphatic rings. The van der Waals surface area contributed by atoms with Crippen molar-refractivity contribution in [2.24, 2.45) is 0 Å². The van der Waals surface area contributed by atoms with Crippen molar-refractivity contribution in [1.82, 2.24) is 4.90 Å². The Kier molecular flexibility index (Phi) is 7.20. The molecule has 0 N–H and O–H groups in total. The Balaban J connectivity index is 1.94. The number of amides is 1. The maximum absolute atomic E-state index is 13.0. The summed E-state index contributed by atoms with van der Waals surface area (Å²) in [6, 6.07) is 11.8. The van der Waals surface area contributed by atoms with E-state index in [4.69, 9.17) is 4.42 Å². The minimum atomic E-state index is -4.81. The van der Waals surface area contributed by atoms with Crippen molar-refractivity contribution in [2.45, 2.75) is 43.9 Å². The van der Waals surface area contributed by atoms with Crippen molar-refractivity contribution in [3.05, 3.63) is 48.0 Å². The molecular formula is C23H24F3NO3S. The average molecular weight is 452 g/mol. The van der Waals surface area contributed by atoms with Crippen LogP contribution in [0.15, 0.2) is 51.8 Å². The molecular weight excluding hydrogens is 427 g/mol. The van der Waals surface area contributed by atoms with E-state index in [2.05, 4.69) is 11.7 Å². The Morgan fingerprint density at radius 3 is 2.55 bits per heavy atom. The summed E-state index contributed by atoms with van der Waals surface area (Å²) < 4.78 is 49.2. The third-order valence-corrected chi connectivity index (χ3v) is 5.70. The lowest BCUT2D eigenvalue weighted by molar-refractivity contribution is -0.274. The number of halogens is 3. The van der Waals surface area contributed by atoms with Crippen molar-refractivity contribution >= 4 is 28.0 Å². The van der Waals surface area contributed by atoms with Crippen LogP contribution in [0.5, 0.6) is 5.75 Å². The molecule has 31 heavy (non-hydrogen) atoms. The molecule has 0 aliphatic carbocycles. The van der Waals surface area contributed by atoms with E-state index in [1.54, 1.807) is 50.5 Å². The summed E-state index contributed by atoms with van der Waals surface area (Å²) in [5.74, 6) is -0.00613. The number of unbranched alkanes of at least 4 members (excludes halogenated alkanes) is 2. The number of alkyl halides is 3. The van der Waals surface area contributed by atoms with Gasteiger partial charge in [0.2, 0.25) is 0 Å². The first-order chi connectivity index (χ1) is 14.7. The molecule has 1 aromatic heterocycles. The molecule has 0 saturated carbocycles. The van der Waals surface area contributed by atoms with Crippen LogP contribution in [-0.2, 0) is 6.42 Å². The fraction of sp³-hybridized carbons (Fsp3) is 0.348. The van der Waals surface area contributed by atoms with Crippen LogP contribution in [0.3, 0.4) is 0 Å². The van der Waals surface area contributed by atoms with Crippen molar-refractivity contribution in [3.63, 3.8) is 0 Å². The molecule has 0 radical (unpaired) electrons. The van der Waals surface area contributed by atoms with Gasteiger partial charge >= 0.3 is 6.36 Å². The number of rotatable bonds is 7. The number of hydrogen-bond acceptors (Lipinski definition) is 4. The smallest absolute Gasteiger partial charge is 0.456 e. The molecule has 3 rings (SSSR count). The highest BCUT2D eigenvalue weighted by Crippen LogP contribution is 2.38. The molecule has 1 heterocycles. The van der Waals surface area contributed by atoms with E-state index in [0.717, 1.165) is 42.0 Å². The summed E-state index contributed by atoms with van der Waals surface area (Å²) in [6.07, 6.45) is -1.18. The number of nitrogens with zero attached hydrogens (tertiary/aromatic N) is 1. The van der Waals surface area contributed by atoms with Crippen LogP contribution >= 0.6 is 11.8 Å². The molecule has 0 fully saturated rings. The fourth-order valence-electron chi connectivity index (χ4n) is 3.11. The third-order valence-electron chi connectivity index (χ3n) is 4.67. The van der Waals surface area contributed by atoms with Gasteiger partial charge in [-0.3, -0.25) is 4.79 Å². The maximum atomic E-state index is 13.0. The number of fused-ring (bicyclic) bond motifs is 1. The fourth-order valence-corrected chi connectivity index (χ4v) is 3.80. The monoisotopic (exact) mass is 451 g/mol. The summed E-state index contributed by atoms with van der Waals surface area (Å²) in [6.45, 7) is 2.07. The van der Waals surface area contributed by atoms with E-state index in [1.165, 1.54) is 11.0 Å². The second-order valence-electron chi connectivity index (χ2n) is 7.41. The topological polar surface area (TPSA) is 42.7 Å². The highest BCUT2D eigenvalue weighted by Gasteiger charge is 2.32. The molecule has 0 bridgehead atoms. The molecule has 1 amide bonds. The second-order valence-corrected chi connectivity index (χ2v) is 8.43. The van der Waals surface area contributed by atoms with Gasteiger partial charge in [0.15, 0.2) is 0 Å². The summed E-state index contributed by atoms with van der Waals surface area (Å²) in [5, 5.41) is 0.590. The van der Waals surface area contributed by atoms with Gasteiger partial charge in [-0.25, -0.2) is 0 Å². The van der Waals surface area contributed by atoms with Gasteiger partial charge < -0.3 is 14.1 Å². The maximum Gasteiger partial charge on any atom is 0.573 e. The third kappa shape index (κ3) is 6.19. The van der Waals surface area contributed by atoms with Crippen LogP contribution in [0.25, 0.3) is 22.3 Å². The van der Waals surface area contributed by atoms with E-state index >= 15 is 0 Å². The summed E-state index contributed by atoms with van der Waals surface area (Å²) in [5.41, 5.74) is 1.50. The SMILES string of the molecule is CCCCCc1ccc(-c2cc3ccc(SC(=O)N(C)C)cc3o2)c(OC(F)(F)F)c1. The number of furan rings is 1. The van der Waals surface area contributed by atoms with Crippen molar-refractivity contribution in [1.29, 1.82) is 0 Å². The molecule has 166 valence electrons. The Bertz CT molecular complexity index is 1060. The van der Waals surface area contributed by atoms with Crippen LogP contribution in [-0.4, -0.2) is 30.6 Å². The van der Waals surface area contributed by atoms with Gasteiger partial charge in [0.25, 0.3) is 5.24 Å². The predicted octanol–water partition coefficient (Wildman–Crippen LogP) is 7.50. The molecule has 0 atom stereocenters. The molecule has 3 aromatic rings. The number of hydrogen-bond donors (Lipinski definition) is 0. The molecule has 0 unspecified atom stereocenters. The quantitative estimate of drug-likeness (QED) is 0.275. The van der Waals surface area contributed by atoms with Crippen molar-refractivity contribution < 1.29 is 27.1 Å². The van der Waals surface area contributed by atoms with Gasteiger partial charge in [-0.2, -0.15) is 0 Å². The number of carbonyl (C=O) groups excluding carboxylic acids is 1. The standard InChI is InChI=1S/C23H24F3NO3S/c1-4-5-6-7-15-8-11-18(21(12-15)30-23(24,25)26)20-13-16-9-10-17(14-19(16)29-20)31-22(28)27(2)3/h8-14H,4-7H2,1-3H3. The largest absolute Gasteiger partial charge is 0.573 e.